The molecular weight excluding hydrogens is 342 g/mol. The minimum atomic E-state index is -3.62. The monoisotopic (exact) mass is 369 g/mol. The molecule has 25 heavy (non-hydrogen) atoms. The number of fused-ring (bicyclic) bond motifs is 1. The van der Waals surface area contributed by atoms with Crippen molar-refractivity contribution in [2.45, 2.75) is 37.3 Å². The topological polar surface area (TPSA) is 90.0 Å². The Morgan fingerprint density at radius 2 is 2.08 bits per heavy atom. The largest absolute Gasteiger partial charge is 0.393 e. The van der Waals surface area contributed by atoms with Crippen LogP contribution in [0.25, 0.3) is 0 Å². The van der Waals surface area contributed by atoms with E-state index in [0.717, 1.165) is 17.5 Å². The number of nitrogens with one attached hydrogen (secondary N) is 1. The first-order valence-corrected chi connectivity index (χ1v) is 9.89. The molecule has 1 atom stereocenters. The van der Waals surface area contributed by atoms with E-state index in [4.69, 9.17) is 0 Å². The van der Waals surface area contributed by atoms with Crippen LogP contribution in [-0.2, 0) is 27.8 Å². The van der Waals surface area contributed by atoms with Crippen molar-refractivity contribution in [1.82, 2.24) is 14.5 Å². The van der Waals surface area contributed by atoms with Crippen LogP contribution >= 0.6 is 0 Å². The lowest BCUT2D eigenvalue weighted by Crippen LogP contribution is -2.41. The Hall–Kier alpha value is -1.48. The van der Waals surface area contributed by atoms with Gasteiger partial charge in [0.05, 0.1) is 17.5 Å². The second-order valence-corrected chi connectivity index (χ2v) is 8.54. The normalized spacial score (nSPS) is 16.0. The van der Waals surface area contributed by atoms with E-state index in [-0.39, 0.29) is 17.3 Å². The Labute approximate surface area is 149 Å². The number of carbonyl (C=O) groups is 1. The number of amides is 1. The molecule has 0 bridgehead atoms. The highest BCUT2D eigenvalue weighted by atomic mass is 32.2. The molecule has 1 aromatic rings. The van der Waals surface area contributed by atoms with E-state index in [1.165, 1.54) is 0 Å². The van der Waals surface area contributed by atoms with Gasteiger partial charge in [0.25, 0.3) is 0 Å². The van der Waals surface area contributed by atoms with Crippen molar-refractivity contribution in [1.29, 1.82) is 0 Å². The lowest BCUT2D eigenvalue weighted by molar-refractivity contribution is -0.132. The molecule has 0 fully saturated rings. The summed E-state index contributed by atoms with van der Waals surface area (Å²) in [7, 11) is 0.0743. The quantitative estimate of drug-likeness (QED) is 0.716. The van der Waals surface area contributed by atoms with E-state index in [1.807, 2.05) is 25.1 Å². The predicted octanol–water partition coefficient (Wildman–Crippen LogP) is 0.182. The van der Waals surface area contributed by atoms with Crippen LogP contribution in [0, 0.1) is 0 Å². The first-order valence-electron chi connectivity index (χ1n) is 8.41. The van der Waals surface area contributed by atoms with Gasteiger partial charge in [-0.3, -0.25) is 4.79 Å². The third kappa shape index (κ3) is 5.50. The van der Waals surface area contributed by atoms with Crippen molar-refractivity contribution < 1.29 is 18.3 Å². The number of carbonyl (C=O) groups excluding carboxylic acids is 1. The molecule has 0 spiro atoms. The second kappa shape index (κ2) is 8.27. The first kappa shape index (κ1) is 19.8. The Morgan fingerprint density at radius 1 is 1.36 bits per heavy atom. The van der Waals surface area contributed by atoms with Crippen LogP contribution in [0.15, 0.2) is 23.1 Å². The van der Waals surface area contributed by atoms with Crippen LogP contribution in [0.1, 0.15) is 24.5 Å². The number of hydrogen-bond acceptors (Lipinski definition) is 5. The molecule has 0 aromatic heterocycles. The Morgan fingerprint density at radius 3 is 2.72 bits per heavy atom. The lowest BCUT2D eigenvalue weighted by Gasteiger charge is -2.30. The average Bonchev–Trinajstić information content (AvgIpc) is 2.52. The highest BCUT2D eigenvalue weighted by molar-refractivity contribution is 7.89. The van der Waals surface area contributed by atoms with Crippen molar-refractivity contribution in [3.8, 4) is 0 Å². The summed E-state index contributed by atoms with van der Waals surface area (Å²) >= 11 is 0. The number of nitrogens with zero attached hydrogens (tertiary/aromatic N) is 2. The van der Waals surface area contributed by atoms with E-state index in [1.54, 1.807) is 24.0 Å². The fraction of sp³-hybridized carbons (Fsp3) is 0.588. The minimum absolute atomic E-state index is 0.0407. The van der Waals surface area contributed by atoms with Crippen LogP contribution in [0.2, 0.25) is 0 Å². The van der Waals surface area contributed by atoms with Gasteiger partial charge in [-0.15, -0.1) is 0 Å². The summed E-state index contributed by atoms with van der Waals surface area (Å²) in [6, 6.07) is 5.07. The maximum atomic E-state index is 12.4. The van der Waals surface area contributed by atoms with Crippen LogP contribution in [0.5, 0.6) is 0 Å². The van der Waals surface area contributed by atoms with E-state index in [2.05, 4.69) is 4.72 Å². The molecule has 0 saturated carbocycles. The second-order valence-electron chi connectivity index (χ2n) is 6.77. The van der Waals surface area contributed by atoms with Crippen molar-refractivity contribution in [3.63, 3.8) is 0 Å². The molecule has 1 unspecified atom stereocenters. The Balaban J connectivity index is 2.12. The van der Waals surface area contributed by atoms with Crippen molar-refractivity contribution >= 4 is 15.9 Å². The molecule has 2 rings (SSSR count). The summed E-state index contributed by atoms with van der Waals surface area (Å²) in [6.45, 7) is 3.22. The molecule has 1 heterocycles. The van der Waals surface area contributed by atoms with E-state index in [0.29, 0.717) is 26.1 Å². The molecule has 7 nitrogen and oxygen atoms in total. The van der Waals surface area contributed by atoms with Gasteiger partial charge >= 0.3 is 0 Å². The number of aliphatic hydroxyl groups is 1. The highest BCUT2D eigenvalue weighted by Crippen LogP contribution is 2.22. The maximum absolute atomic E-state index is 12.4. The van der Waals surface area contributed by atoms with E-state index < -0.39 is 16.1 Å². The van der Waals surface area contributed by atoms with Gasteiger partial charge in [-0.2, -0.15) is 0 Å². The summed E-state index contributed by atoms with van der Waals surface area (Å²) in [4.78, 5) is 16.0. The summed E-state index contributed by atoms with van der Waals surface area (Å²) in [5.41, 5.74) is 1.95. The SMILES string of the molecule is CC(O)CCNS(=O)(=O)c1ccc2c(c1)CN(C(=O)CN(C)C)CC2. The molecule has 1 amide bonds. The third-order valence-corrected chi connectivity index (χ3v) is 5.62. The van der Waals surface area contributed by atoms with Crippen LogP contribution in [-0.4, -0.2) is 69.1 Å². The van der Waals surface area contributed by atoms with Gasteiger partial charge in [0.1, 0.15) is 0 Å². The molecular formula is C17H27N3O4S. The number of hydrogen-bond donors (Lipinski definition) is 2. The van der Waals surface area contributed by atoms with Crippen LogP contribution < -0.4 is 4.72 Å². The van der Waals surface area contributed by atoms with Gasteiger partial charge in [0, 0.05) is 19.6 Å². The number of sulfonamides is 1. The van der Waals surface area contributed by atoms with Gasteiger partial charge in [-0.25, -0.2) is 13.1 Å². The molecule has 1 aliphatic rings. The molecule has 1 aromatic carbocycles. The summed E-state index contributed by atoms with van der Waals surface area (Å²) in [5.74, 6) is 0.0407. The van der Waals surface area contributed by atoms with Gasteiger partial charge in [-0.05, 0) is 57.1 Å². The average molecular weight is 369 g/mol. The van der Waals surface area contributed by atoms with Gasteiger partial charge in [0.2, 0.25) is 15.9 Å². The fourth-order valence-electron chi connectivity index (χ4n) is 2.77. The van der Waals surface area contributed by atoms with Crippen LogP contribution in [0.4, 0.5) is 0 Å². The zero-order valence-electron chi connectivity index (χ0n) is 15.0. The van der Waals surface area contributed by atoms with Gasteiger partial charge < -0.3 is 14.9 Å². The molecule has 0 saturated heterocycles. The predicted molar refractivity (Wildman–Crippen MR) is 95.6 cm³/mol. The van der Waals surface area contributed by atoms with Gasteiger partial charge in [-0.1, -0.05) is 6.07 Å². The summed E-state index contributed by atoms with van der Waals surface area (Å²) in [6.07, 6.45) is 0.531. The molecule has 0 radical (unpaired) electrons. The summed E-state index contributed by atoms with van der Waals surface area (Å²) < 4.78 is 27.3. The number of rotatable bonds is 7. The Kier molecular flexibility index (Phi) is 6.56. The molecule has 0 aliphatic carbocycles. The summed E-state index contributed by atoms with van der Waals surface area (Å²) in [5, 5.41) is 9.25. The maximum Gasteiger partial charge on any atom is 0.240 e. The molecule has 8 heteroatoms. The highest BCUT2D eigenvalue weighted by Gasteiger charge is 2.23. The zero-order valence-corrected chi connectivity index (χ0v) is 15.8. The fourth-order valence-corrected chi connectivity index (χ4v) is 3.87. The van der Waals surface area contributed by atoms with E-state index in [9.17, 15) is 18.3 Å². The van der Waals surface area contributed by atoms with E-state index >= 15 is 0 Å². The van der Waals surface area contributed by atoms with Crippen LogP contribution in [0.3, 0.4) is 0 Å². The number of benzene rings is 1. The molecule has 2 N–H and O–H groups in total. The minimum Gasteiger partial charge on any atom is -0.393 e. The van der Waals surface area contributed by atoms with Gasteiger partial charge in [0.15, 0.2) is 0 Å². The molecule has 1 aliphatic heterocycles. The van der Waals surface area contributed by atoms with Crippen molar-refractivity contribution in [2.75, 3.05) is 33.7 Å². The zero-order chi connectivity index (χ0) is 18.6. The van der Waals surface area contributed by atoms with Crippen molar-refractivity contribution in [3.05, 3.63) is 29.3 Å². The van der Waals surface area contributed by atoms with Crippen molar-refractivity contribution in [2.24, 2.45) is 0 Å². The first-order chi connectivity index (χ1) is 11.7. The standard InChI is InChI=1S/C17H27N3O4S/c1-13(21)6-8-18-25(23,24)16-5-4-14-7-9-20(11-15(14)10-16)17(22)12-19(2)3/h4-5,10,13,18,21H,6-9,11-12H2,1-3H3. The third-order valence-electron chi connectivity index (χ3n) is 4.16. The number of aliphatic hydroxyl groups excluding tert-OH is 1. The lowest BCUT2D eigenvalue weighted by atomic mass is 10.00. The smallest absolute Gasteiger partial charge is 0.240 e. The Bertz CT molecular complexity index is 717. The molecule has 140 valence electrons. The number of likely N-dealkylation sites (N-methyl/N-ethyl adjacent to an activating group) is 1.